The van der Waals surface area contributed by atoms with E-state index in [4.69, 9.17) is 9.47 Å². The second kappa shape index (κ2) is 7.23. The standard InChI is InChI=1S/C20H18F2N2O3/c1-3-26-19(25)24-17-10-15(18-14(8-9-27-18)16(17)11-23)12-4-6-13(7-5-12)20(2,21)22/h4-7,10H,3,8-9H2,1-2H3,(H,24,25). The van der Waals surface area contributed by atoms with E-state index in [0.29, 0.717) is 46.7 Å². The zero-order chi connectivity index (χ0) is 19.6. The Bertz CT molecular complexity index is 913. The van der Waals surface area contributed by atoms with Gasteiger partial charge in [-0.3, -0.25) is 5.32 Å². The molecule has 0 aromatic heterocycles. The lowest BCUT2D eigenvalue weighted by molar-refractivity contribution is 0.0175. The molecule has 0 spiro atoms. The smallest absolute Gasteiger partial charge is 0.411 e. The molecule has 2 aromatic rings. The predicted molar refractivity (Wildman–Crippen MR) is 96.0 cm³/mol. The quantitative estimate of drug-likeness (QED) is 0.834. The minimum absolute atomic E-state index is 0.0951. The Kier molecular flexibility index (Phi) is 5.00. The van der Waals surface area contributed by atoms with Gasteiger partial charge in [0.05, 0.1) is 24.5 Å². The Balaban J connectivity index is 2.09. The first-order chi connectivity index (χ1) is 12.8. The van der Waals surface area contributed by atoms with E-state index >= 15 is 0 Å². The average Bonchev–Trinajstić information content (AvgIpc) is 3.10. The van der Waals surface area contributed by atoms with Crippen LogP contribution in [0.1, 0.15) is 30.5 Å². The molecule has 0 atom stereocenters. The molecule has 27 heavy (non-hydrogen) atoms. The third kappa shape index (κ3) is 3.70. The number of hydrogen-bond acceptors (Lipinski definition) is 4. The maximum Gasteiger partial charge on any atom is 0.411 e. The molecule has 1 heterocycles. The number of nitrogens with one attached hydrogen (secondary N) is 1. The fourth-order valence-electron chi connectivity index (χ4n) is 3.04. The van der Waals surface area contributed by atoms with Gasteiger partial charge in [0.2, 0.25) is 0 Å². The number of fused-ring (bicyclic) bond motifs is 1. The number of carbonyl (C=O) groups is 1. The maximum atomic E-state index is 13.5. The van der Waals surface area contributed by atoms with Gasteiger partial charge >= 0.3 is 6.09 Å². The van der Waals surface area contributed by atoms with Crippen LogP contribution < -0.4 is 10.1 Å². The lowest BCUT2D eigenvalue weighted by atomic mass is 9.94. The van der Waals surface area contributed by atoms with Crippen LogP contribution in [0.15, 0.2) is 30.3 Å². The normalized spacial score (nSPS) is 12.7. The Morgan fingerprint density at radius 3 is 2.67 bits per heavy atom. The highest BCUT2D eigenvalue weighted by molar-refractivity contribution is 5.91. The van der Waals surface area contributed by atoms with Gasteiger partial charge in [-0.25, -0.2) is 13.6 Å². The lowest BCUT2D eigenvalue weighted by Gasteiger charge is -2.16. The summed E-state index contributed by atoms with van der Waals surface area (Å²) in [5, 5.41) is 12.1. The van der Waals surface area contributed by atoms with Crippen LogP contribution in [0, 0.1) is 11.3 Å². The van der Waals surface area contributed by atoms with Gasteiger partial charge in [0.15, 0.2) is 0 Å². The molecule has 0 unspecified atom stereocenters. The highest BCUT2D eigenvalue weighted by Crippen LogP contribution is 2.42. The average molecular weight is 372 g/mol. The molecule has 0 radical (unpaired) electrons. The van der Waals surface area contributed by atoms with Crippen molar-refractivity contribution in [1.29, 1.82) is 5.26 Å². The van der Waals surface area contributed by atoms with E-state index in [9.17, 15) is 18.8 Å². The molecule has 0 saturated heterocycles. The summed E-state index contributed by atoms with van der Waals surface area (Å²) in [5.41, 5.74) is 2.49. The van der Waals surface area contributed by atoms with Gasteiger partial charge in [-0.2, -0.15) is 5.26 Å². The first-order valence-corrected chi connectivity index (χ1v) is 8.50. The molecule has 1 N–H and O–H groups in total. The third-order valence-electron chi connectivity index (χ3n) is 4.30. The van der Waals surface area contributed by atoms with Crippen molar-refractivity contribution >= 4 is 11.8 Å². The van der Waals surface area contributed by atoms with E-state index in [2.05, 4.69) is 11.4 Å². The van der Waals surface area contributed by atoms with Gasteiger partial charge in [-0.05, 0) is 18.6 Å². The van der Waals surface area contributed by atoms with E-state index in [1.165, 1.54) is 12.1 Å². The number of alkyl halides is 2. The molecule has 1 aliphatic rings. The summed E-state index contributed by atoms with van der Waals surface area (Å²) in [5.74, 6) is -2.39. The molecular weight excluding hydrogens is 354 g/mol. The fraction of sp³-hybridized carbons (Fsp3) is 0.300. The minimum atomic E-state index is -2.93. The molecule has 0 saturated carbocycles. The van der Waals surface area contributed by atoms with Crippen molar-refractivity contribution in [3.63, 3.8) is 0 Å². The first kappa shape index (κ1) is 18.6. The van der Waals surface area contributed by atoms with Gasteiger partial charge in [-0.15, -0.1) is 0 Å². The predicted octanol–water partition coefficient (Wildman–Crippen LogP) is 4.84. The molecule has 0 bridgehead atoms. The molecule has 5 nitrogen and oxygen atoms in total. The van der Waals surface area contributed by atoms with E-state index in [1.54, 1.807) is 25.1 Å². The third-order valence-corrected chi connectivity index (χ3v) is 4.30. The summed E-state index contributed by atoms with van der Waals surface area (Å²) < 4.78 is 37.5. The molecular formula is C20H18F2N2O3. The number of ether oxygens (including phenoxy) is 2. The zero-order valence-electron chi connectivity index (χ0n) is 14.9. The van der Waals surface area contributed by atoms with Gasteiger partial charge in [0, 0.05) is 30.0 Å². The number of nitrogens with zero attached hydrogens (tertiary/aromatic N) is 1. The van der Waals surface area contributed by atoms with Crippen LogP contribution in [0.5, 0.6) is 5.75 Å². The van der Waals surface area contributed by atoms with Crippen LogP contribution in [0.25, 0.3) is 11.1 Å². The van der Waals surface area contributed by atoms with E-state index in [0.717, 1.165) is 6.92 Å². The monoisotopic (exact) mass is 372 g/mol. The topological polar surface area (TPSA) is 71.3 Å². The number of benzene rings is 2. The number of rotatable bonds is 4. The van der Waals surface area contributed by atoms with Gasteiger partial charge in [-0.1, -0.05) is 24.3 Å². The van der Waals surface area contributed by atoms with Crippen molar-refractivity contribution in [2.24, 2.45) is 0 Å². The second-order valence-electron chi connectivity index (χ2n) is 6.18. The number of amides is 1. The Hall–Kier alpha value is -3.14. The number of hydrogen-bond donors (Lipinski definition) is 1. The van der Waals surface area contributed by atoms with Crippen molar-refractivity contribution < 1.29 is 23.0 Å². The van der Waals surface area contributed by atoms with Crippen molar-refractivity contribution in [3.8, 4) is 22.9 Å². The van der Waals surface area contributed by atoms with E-state index < -0.39 is 12.0 Å². The molecule has 0 fully saturated rings. The number of anilines is 1. The van der Waals surface area contributed by atoms with Crippen molar-refractivity contribution in [3.05, 3.63) is 47.0 Å². The molecule has 0 aliphatic carbocycles. The molecule has 3 rings (SSSR count). The first-order valence-electron chi connectivity index (χ1n) is 8.50. The van der Waals surface area contributed by atoms with E-state index in [1.807, 2.05) is 0 Å². The van der Waals surface area contributed by atoms with Crippen LogP contribution in [0.4, 0.5) is 19.3 Å². The van der Waals surface area contributed by atoms with Gasteiger partial charge in [0.1, 0.15) is 11.8 Å². The molecule has 1 amide bonds. The summed E-state index contributed by atoms with van der Waals surface area (Å²) >= 11 is 0. The van der Waals surface area contributed by atoms with Crippen LogP contribution in [0.2, 0.25) is 0 Å². The molecule has 7 heteroatoms. The largest absolute Gasteiger partial charge is 0.492 e. The van der Waals surface area contributed by atoms with Crippen LogP contribution in [-0.2, 0) is 17.1 Å². The second-order valence-corrected chi connectivity index (χ2v) is 6.18. The fourth-order valence-corrected chi connectivity index (χ4v) is 3.04. The number of halogens is 2. The summed E-state index contributed by atoms with van der Waals surface area (Å²) in [4.78, 5) is 11.8. The molecule has 140 valence electrons. The van der Waals surface area contributed by atoms with Gasteiger partial charge in [0.25, 0.3) is 5.92 Å². The lowest BCUT2D eigenvalue weighted by Crippen LogP contribution is -2.14. The zero-order valence-corrected chi connectivity index (χ0v) is 14.9. The van der Waals surface area contributed by atoms with Crippen LogP contribution in [0.3, 0.4) is 0 Å². The van der Waals surface area contributed by atoms with E-state index in [-0.39, 0.29) is 12.2 Å². The maximum absolute atomic E-state index is 13.5. The Morgan fingerprint density at radius 2 is 2.07 bits per heavy atom. The Morgan fingerprint density at radius 1 is 1.37 bits per heavy atom. The number of nitriles is 1. The van der Waals surface area contributed by atoms with Crippen LogP contribution >= 0.6 is 0 Å². The highest BCUT2D eigenvalue weighted by Gasteiger charge is 2.27. The molecule has 2 aromatic carbocycles. The van der Waals surface area contributed by atoms with Crippen molar-refractivity contribution in [2.75, 3.05) is 18.5 Å². The minimum Gasteiger partial charge on any atom is -0.492 e. The summed E-state index contributed by atoms with van der Waals surface area (Å²) in [6.45, 7) is 3.12. The van der Waals surface area contributed by atoms with Crippen molar-refractivity contribution in [2.45, 2.75) is 26.2 Å². The van der Waals surface area contributed by atoms with Gasteiger partial charge < -0.3 is 9.47 Å². The summed E-state index contributed by atoms with van der Waals surface area (Å²) in [7, 11) is 0. The number of carbonyl (C=O) groups excluding carboxylic acids is 1. The summed E-state index contributed by atoms with van der Waals surface area (Å²) in [6, 6.07) is 9.57. The Labute approximate surface area is 155 Å². The highest BCUT2D eigenvalue weighted by atomic mass is 19.3. The summed E-state index contributed by atoms with van der Waals surface area (Å²) in [6.07, 6.45) is -0.144. The van der Waals surface area contributed by atoms with Crippen LogP contribution in [-0.4, -0.2) is 19.3 Å². The molecule has 1 aliphatic heterocycles. The van der Waals surface area contributed by atoms with Crippen molar-refractivity contribution in [1.82, 2.24) is 0 Å². The SMILES string of the molecule is CCOC(=O)Nc1cc(-c2ccc(C(C)(F)F)cc2)c2c(c1C#N)CCO2.